The van der Waals surface area contributed by atoms with Crippen LogP contribution >= 0.6 is 0 Å². The lowest BCUT2D eigenvalue weighted by molar-refractivity contribution is 0.112. The predicted molar refractivity (Wildman–Crippen MR) is 35.8 cm³/mol. The van der Waals surface area contributed by atoms with Crippen LogP contribution in [-0.4, -0.2) is 6.61 Å². The van der Waals surface area contributed by atoms with Gasteiger partial charge in [0.05, 0.1) is 0 Å². The monoisotopic (exact) mass is 131 g/mol. The Morgan fingerprint density at radius 2 is 2.00 bits per heavy atom. The first-order valence-electron chi connectivity index (χ1n) is 3.01. The smallest absolute Gasteiger partial charge is 0.155 e. The summed E-state index contributed by atoms with van der Waals surface area (Å²) >= 11 is 0. The minimum atomic E-state index is 0.227. The molecule has 0 aliphatic heterocycles. The fourth-order valence-corrected chi connectivity index (χ4v) is 0.389. The summed E-state index contributed by atoms with van der Waals surface area (Å²) in [6, 6.07) is 0. The van der Waals surface area contributed by atoms with Gasteiger partial charge in [0.2, 0.25) is 0 Å². The van der Waals surface area contributed by atoms with E-state index in [1.54, 1.807) is 0 Å². The van der Waals surface area contributed by atoms with Crippen LogP contribution < -0.4 is 0 Å². The van der Waals surface area contributed by atoms with Crippen molar-refractivity contribution in [2.24, 2.45) is 10.8 Å². The van der Waals surface area contributed by atoms with Crippen molar-refractivity contribution in [1.82, 2.24) is 0 Å². The molecule has 0 spiro atoms. The molecule has 0 amide bonds. The molecule has 0 aliphatic carbocycles. The van der Waals surface area contributed by atoms with E-state index in [2.05, 4.69) is 30.9 Å². The van der Waals surface area contributed by atoms with Crippen LogP contribution in [0.3, 0.4) is 0 Å². The molecule has 0 aromatic rings. The Labute approximate surface area is 55.3 Å². The second-order valence-corrected chi connectivity index (χ2v) is 3.22. The van der Waals surface area contributed by atoms with Crippen molar-refractivity contribution in [3.63, 3.8) is 0 Å². The minimum Gasteiger partial charge on any atom is -0.364 e. The van der Waals surface area contributed by atoms with E-state index in [0.29, 0.717) is 6.61 Å². The molecule has 0 saturated heterocycles. The Bertz CT molecular complexity index is 85.5. The third-order valence-electron chi connectivity index (χ3n) is 0.996. The summed E-state index contributed by atoms with van der Waals surface area (Å²) in [4.78, 5) is 13.7. The molecular weight excluding hydrogens is 118 g/mol. The van der Waals surface area contributed by atoms with Gasteiger partial charge in [-0.25, -0.2) is 0 Å². The summed E-state index contributed by atoms with van der Waals surface area (Å²) in [5.41, 5.74) is 0.227. The van der Waals surface area contributed by atoms with Crippen molar-refractivity contribution < 1.29 is 4.84 Å². The SMILES string of the molecule is CC(C)(C)CCON=O. The maximum absolute atomic E-state index is 9.42. The van der Waals surface area contributed by atoms with Crippen molar-refractivity contribution in [2.75, 3.05) is 6.61 Å². The zero-order valence-electron chi connectivity index (χ0n) is 6.18. The molecule has 0 radical (unpaired) electrons. The average molecular weight is 131 g/mol. The van der Waals surface area contributed by atoms with Crippen LogP contribution in [0.1, 0.15) is 27.2 Å². The molecule has 9 heavy (non-hydrogen) atoms. The summed E-state index contributed by atoms with van der Waals surface area (Å²) in [5, 5.41) is 2.29. The average Bonchev–Trinajstić information content (AvgIpc) is 1.63. The third-order valence-corrected chi connectivity index (χ3v) is 0.996. The van der Waals surface area contributed by atoms with Crippen molar-refractivity contribution in [2.45, 2.75) is 27.2 Å². The lowest BCUT2D eigenvalue weighted by Crippen LogP contribution is -2.07. The van der Waals surface area contributed by atoms with Gasteiger partial charge in [0.1, 0.15) is 6.61 Å². The van der Waals surface area contributed by atoms with Crippen molar-refractivity contribution >= 4 is 0 Å². The maximum Gasteiger partial charge on any atom is 0.155 e. The van der Waals surface area contributed by atoms with Gasteiger partial charge in [-0.3, -0.25) is 0 Å². The highest BCUT2D eigenvalue weighted by atomic mass is 16.7. The van der Waals surface area contributed by atoms with Gasteiger partial charge >= 0.3 is 0 Å². The molecule has 0 saturated carbocycles. The van der Waals surface area contributed by atoms with Crippen LogP contribution in [0.15, 0.2) is 5.34 Å². The Balaban J connectivity index is 3.17. The van der Waals surface area contributed by atoms with E-state index in [0.717, 1.165) is 6.42 Å². The summed E-state index contributed by atoms with van der Waals surface area (Å²) in [6.45, 7) is 6.68. The highest BCUT2D eigenvalue weighted by Gasteiger charge is 2.09. The van der Waals surface area contributed by atoms with Gasteiger partial charge in [0, 0.05) is 0 Å². The first-order chi connectivity index (χ1) is 4.06. The lowest BCUT2D eigenvalue weighted by Gasteiger charge is -2.15. The standard InChI is InChI=1S/C6H13NO2/c1-6(2,3)4-5-9-7-8/h4-5H2,1-3H3. The molecule has 54 valence electrons. The number of nitrogens with zero attached hydrogens (tertiary/aromatic N) is 1. The van der Waals surface area contributed by atoms with Crippen LogP contribution in [-0.2, 0) is 4.84 Å². The first-order valence-corrected chi connectivity index (χ1v) is 3.01. The summed E-state index contributed by atoms with van der Waals surface area (Å²) < 4.78 is 0. The molecule has 3 heteroatoms. The van der Waals surface area contributed by atoms with E-state index in [9.17, 15) is 4.91 Å². The Morgan fingerprint density at radius 3 is 2.33 bits per heavy atom. The highest BCUT2D eigenvalue weighted by Crippen LogP contribution is 2.17. The van der Waals surface area contributed by atoms with Gasteiger partial charge in [0.15, 0.2) is 5.34 Å². The molecule has 0 unspecified atom stereocenters. The van der Waals surface area contributed by atoms with E-state index in [4.69, 9.17) is 0 Å². The van der Waals surface area contributed by atoms with Gasteiger partial charge in [-0.2, -0.15) is 0 Å². The van der Waals surface area contributed by atoms with Crippen LogP contribution in [0.4, 0.5) is 0 Å². The summed E-state index contributed by atoms with van der Waals surface area (Å²) in [6.07, 6.45) is 0.860. The predicted octanol–water partition coefficient (Wildman–Crippen LogP) is 2.12. The van der Waals surface area contributed by atoms with Gasteiger partial charge < -0.3 is 4.84 Å². The first kappa shape index (κ1) is 8.40. The fraction of sp³-hybridized carbons (Fsp3) is 1.00. The van der Waals surface area contributed by atoms with E-state index in [-0.39, 0.29) is 5.41 Å². The van der Waals surface area contributed by atoms with Crippen molar-refractivity contribution in [1.29, 1.82) is 0 Å². The summed E-state index contributed by atoms with van der Waals surface area (Å²) in [7, 11) is 0. The molecule has 0 aromatic carbocycles. The van der Waals surface area contributed by atoms with Crippen molar-refractivity contribution in [3.8, 4) is 0 Å². The molecular formula is C6H13NO2. The molecule has 0 aliphatic rings. The topological polar surface area (TPSA) is 38.7 Å². The zero-order chi connectivity index (χ0) is 7.33. The Kier molecular flexibility index (Phi) is 3.20. The van der Waals surface area contributed by atoms with Gasteiger partial charge in [-0.1, -0.05) is 20.8 Å². The normalized spacial score (nSPS) is 11.0. The van der Waals surface area contributed by atoms with E-state index >= 15 is 0 Å². The van der Waals surface area contributed by atoms with E-state index in [1.807, 2.05) is 0 Å². The van der Waals surface area contributed by atoms with Gasteiger partial charge in [-0.15, -0.1) is 4.91 Å². The Hall–Kier alpha value is -0.600. The van der Waals surface area contributed by atoms with E-state index < -0.39 is 0 Å². The number of rotatable bonds is 3. The van der Waals surface area contributed by atoms with Crippen molar-refractivity contribution in [3.05, 3.63) is 4.91 Å². The zero-order valence-corrected chi connectivity index (χ0v) is 6.18. The minimum absolute atomic E-state index is 0.227. The quantitative estimate of drug-likeness (QED) is 0.334. The van der Waals surface area contributed by atoms with Gasteiger partial charge in [0.25, 0.3) is 0 Å². The van der Waals surface area contributed by atoms with E-state index in [1.165, 1.54) is 0 Å². The second kappa shape index (κ2) is 3.43. The molecule has 0 fully saturated rings. The highest BCUT2D eigenvalue weighted by molar-refractivity contribution is 4.59. The molecule has 3 nitrogen and oxygen atoms in total. The third kappa shape index (κ3) is 7.40. The lowest BCUT2D eigenvalue weighted by atomic mass is 9.93. The van der Waals surface area contributed by atoms with Gasteiger partial charge in [-0.05, 0) is 11.8 Å². The fourth-order valence-electron chi connectivity index (χ4n) is 0.389. The largest absolute Gasteiger partial charge is 0.364 e. The molecule has 0 atom stereocenters. The molecule has 0 N–H and O–H groups in total. The Morgan fingerprint density at radius 1 is 1.44 bits per heavy atom. The number of hydrogen-bond acceptors (Lipinski definition) is 3. The maximum atomic E-state index is 9.42. The summed E-state index contributed by atoms with van der Waals surface area (Å²) in [5.74, 6) is 0. The second-order valence-electron chi connectivity index (χ2n) is 3.22. The molecule has 0 heterocycles. The van der Waals surface area contributed by atoms with Crippen LogP contribution in [0.5, 0.6) is 0 Å². The molecule has 0 rings (SSSR count). The van der Waals surface area contributed by atoms with Crippen LogP contribution in [0.2, 0.25) is 0 Å². The number of hydrogen-bond donors (Lipinski definition) is 0. The molecule has 0 bridgehead atoms. The van der Waals surface area contributed by atoms with Crippen LogP contribution in [0, 0.1) is 10.3 Å². The molecule has 0 aromatic heterocycles. The van der Waals surface area contributed by atoms with Crippen LogP contribution in [0.25, 0.3) is 0 Å².